The van der Waals surface area contributed by atoms with Crippen LogP contribution in [0.2, 0.25) is 0 Å². The molecule has 0 aromatic carbocycles. The normalized spacial score (nSPS) is 23.6. The molecule has 0 radical (unpaired) electrons. The van der Waals surface area contributed by atoms with Crippen molar-refractivity contribution in [2.24, 2.45) is 0 Å². The van der Waals surface area contributed by atoms with E-state index >= 15 is 0 Å². The number of thioether (sulfide) groups is 1. The number of nitrogens with zero attached hydrogens (tertiary/aromatic N) is 2. The number of anilines is 1. The summed E-state index contributed by atoms with van der Waals surface area (Å²) in [5.41, 5.74) is -0.930. The molecule has 0 spiro atoms. The van der Waals surface area contributed by atoms with E-state index in [1.165, 1.54) is 18.8 Å². The van der Waals surface area contributed by atoms with Gasteiger partial charge in [0.2, 0.25) is 5.95 Å². The molecule has 1 aliphatic heterocycles. The predicted molar refractivity (Wildman–Crippen MR) is 66.3 cm³/mol. The average Bonchev–Trinajstić information content (AvgIpc) is 2.73. The van der Waals surface area contributed by atoms with E-state index in [4.69, 9.17) is 4.74 Å². The van der Waals surface area contributed by atoms with Gasteiger partial charge in [0.15, 0.2) is 5.69 Å². The minimum atomic E-state index is -4.47. The summed E-state index contributed by atoms with van der Waals surface area (Å²) >= 11 is 1.30. The van der Waals surface area contributed by atoms with Gasteiger partial charge in [0.25, 0.3) is 0 Å². The van der Waals surface area contributed by atoms with E-state index in [2.05, 4.69) is 15.3 Å². The van der Waals surface area contributed by atoms with E-state index in [1.54, 1.807) is 0 Å². The topological polar surface area (TPSA) is 47.0 Å². The van der Waals surface area contributed by atoms with Crippen molar-refractivity contribution in [2.45, 2.75) is 35.9 Å². The minimum Gasteiger partial charge on any atom is -0.377 e. The molecule has 0 saturated carbocycles. The Morgan fingerprint density at radius 3 is 2.68 bits per heavy atom. The molecule has 2 heterocycles. The van der Waals surface area contributed by atoms with E-state index in [0.717, 1.165) is 12.5 Å². The van der Waals surface area contributed by atoms with Crippen molar-refractivity contribution in [1.29, 1.82) is 0 Å². The van der Waals surface area contributed by atoms with Crippen LogP contribution in [0, 0.1) is 0 Å². The Kier molecular flexibility index (Phi) is 4.19. The minimum absolute atomic E-state index is 0.0207. The number of halogens is 3. The third-order valence-electron chi connectivity index (χ3n) is 2.80. The van der Waals surface area contributed by atoms with Crippen LogP contribution in [0.25, 0.3) is 0 Å². The van der Waals surface area contributed by atoms with Crippen LogP contribution in [0.4, 0.5) is 19.1 Å². The standard InChI is InChI=1S/C11H14F3N3OS/c1-6-7(3-4-18-6)19-9-5-8(11(12,13)14)16-10(15-2)17-9/h5-7H,3-4H2,1-2H3,(H,15,16,17). The Morgan fingerprint density at radius 2 is 2.16 bits per heavy atom. The molecule has 0 bridgehead atoms. The number of rotatable bonds is 3. The zero-order valence-corrected chi connectivity index (χ0v) is 11.3. The fourth-order valence-corrected chi connectivity index (χ4v) is 2.88. The van der Waals surface area contributed by atoms with E-state index in [0.29, 0.717) is 11.6 Å². The molecule has 0 amide bonds. The molecule has 1 N–H and O–H groups in total. The fraction of sp³-hybridized carbons (Fsp3) is 0.636. The molecule has 106 valence electrons. The Bertz CT molecular complexity index is 455. The number of hydrogen-bond acceptors (Lipinski definition) is 5. The van der Waals surface area contributed by atoms with Crippen LogP contribution >= 0.6 is 11.8 Å². The Hall–Kier alpha value is -1.02. The van der Waals surface area contributed by atoms with Crippen LogP contribution in [0.1, 0.15) is 19.0 Å². The van der Waals surface area contributed by atoms with Gasteiger partial charge in [0.1, 0.15) is 5.03 Å². The van der Waals surface area contributed by atoms with Gasteiger partial charge >= 0.3 is 6.18 Å². The molecule has 1 fully saturated rings. The maximum atomic E-state index is 12.7. The van der Waals surface area contributed by atoms with E-state index in [1.807, 2.05) is 6.92 Å². The summed E-state index contributed by atoms with van der Waals surface area (Å²) in [7, 11) is 1.49. The highest BCUT2D eigenvalue weighted by Gasteiger charge is 2.34. The zero-order chi connectivity index (χ0) is 14.0. The fourth-order valence-electron chi connectivity index (χ4n) is 1.76. The smallest absolute Gasteiger partial charge is 0.377 e. The summed E-state index contributed by atoms with van der Waals surface area (Å²) in [4.78, 5) is 7.47. The predicted octanol–water partition coefficient (Wildman–Crippen LogP) is 2.81. The van der Waals surface area contributed by atoms with Gasteiger partial charge in [-0.05, 0) is 13.3 Å². The number of ether oxygens (including phenoxy) is 1. The second-order valence-electron chi connectivity index (χ2n) is 4.18. The molecule has 2 unspecified atom stereocenters. The first-order valence-electron chi connectivity index (χ1n) is 5.82. The monoisotopic (exact) mass is 293 g/mol. The van der Waals surface area contributed by atoms with Crippen molar-refractivity contribution < 1.29 is 17.9 Å². The summed E-state index contributed by atoms with van der Waals surface area (Å²) in [6, 6.07) is 0.983. The summed E-state index contributed by atoms with van der Waals surface area (Å²) in [6.45, 7) is 2.55. The lowest BCUT2D eigenvalue weighted by molar-refractivity contribution is -0.141. The molecule has 1 aromatic rings. The summed E-state index contributed by atoms with van der Waals surface area (Å²) < 4.78 is 43.6. The first kappa shape index (κ1) is 14.4. The lowest BCUT2D eigenvalue weighted by Gasteiger charge is -2.14. The molecule has 1 saturated heterocycles. The van der Waals surface area contributed by atoms with Crippen LogP contribution in [-0.2, 0) is 10.9 Å². The van der Waals surface area contributed by atoms with Crippen LogP contribution in [0.3, 0.4) is 0 Å². The van der Waals surface area contributed by atoms with E-state index < -0.39 is 11.9 Å². The van der Waals surface area contributed by atoms with Crippen LogP contribution in [0.5, 0.6) is 0 Å². The third-order valence-corrected chi connectivity index (χ3v) is 4.17. The lowest BCUT2D eigenvalue weighted by Crippen LogP contribution is -2.15. The van der Waals surface area contributed by atoms with Crippen molar-refractivity contribution in [1.82, 2.24) is 9.97 Å². The number of alkyl halides is 3. The van der Waals surface area contributed by atoms with Crippen molar-refractivity contribution in [3.8, 4) is 0 Å². The van der Waals surface area contributed by atoms with Crippen LogP contribution in [0.15, 0.2) is 11.1 Å². The second-order valence-corrected chi connectivity index (χ2v) is 5.44. The van der Waals surface area contributed by atoms with Gasteiger partial charge in [-0.3, -0.25) is 0 Å². The van der Waals surface area contributed by atoms with Gasteiger partial charge in [-0.15, -0.1) is 11.8 Å². The van der Waals surface area contributed by atoms with Crippen LogP contribution in [-0.4, -0.2) is 35.0 Å². The zero-order valence-electron chi connectivity index (χ0n) is 10.5. The molecular formula is C11H14F3N3OS. The molecule has 1 aliphatic rings. The molecule has 19 heavy (non-hydrogen) atoms. The highest BCUT2D eigenvalue weighted by atomic mass is 32.2. The maximum absolute atomic E-state index is 12.7. The number of aromatic nitrogens is 2. The highest BCUT2D eigenvalue weighted by Crippen LogP contribution is 2.35. The second kappa shape index (κ2) is 5.54. The van der Waals surface area contributed by atoms with Gasteiger partial charge < -0.3 is 10.1 Å². The highest BCUT2D eigenvalue weighted by molar-refractivity contribution is 7.99. The van der Waals surface area contributed by atoms with Crippen molar-refractivity contribution >= 4 is 17.7 Å². The van der Waals surface area contributed by atoms with E-state index in [9.17, 15) is 13.2 Å². The van der Waals surface area contributed by atoms with Gasteiger partial charge in [0, 0.05) is 25.0 Å². The summed E-state index contributed by atoms with van der Waals surface area (Å²) in [6.07, 6.45) is -3.64. The van der Waals surface area contributed by atoms with E-state index in [-0.39, 0.29) is 17.3 Å². The first-order valence-corrected chi connectivity index (χ1v) is 6.70. The maximum Gasteiger partial charge on any atom is 0.433 e. The van der Waals surface area contributed by atoms with Crippen molar-refractivity contribution in [3.05, 3.63) is 11.8 Å². The van der Waals surface area contributed by atoms with Gasteiger partial charge in [-0.1, -0.05) is 0 Å². The average molecular weight is 293 g/mol. The number of nitrogens with one attached hydrogen (secondary N) is 1. The molecule has 4 nitrogen and oxygen atoms in total. The first-order chi connectivity index (χ1) is 8.90. The molecule has 8 heteroatoms. The molecular weight excluding hydrogens is 279 g/mol. The Morgan fingerprint density at radius 1 is 1.42 bits per heavy atom. The molecule has 2 rings (SSSR count). The Labute approximate surface area is 113 Å². The van der Waals surface area contributed by atoms with Gasteiger partial charge in [-0.2, -0.15) is 13.2 Å². The van der Waals surface area contributed by atoms with Crippen LogP contribution < -0.4 is 5.32 Å². The van der Waals surface area contributed by atoms with Gasteiger partial charge in [-0.25, -0.2) is 9.97 Å². The summed E-state index contributed by atoms with van der Waals surface area (Å²) in [5, 5.41) is 2.99. The molecule has 1 aromatic heterocycles. The number of hydrogen-bond donors (Lipinski definition) is 1. The van der Waals surface area contributed by atoms with Crippen molar-refractivity contribution in [3.63, 3.8) is 0 Å². The quantitative estimate of drug-likeness (QED) is 0.868. The Balaban J connectivity index is 2.24. The van der Waals surface area contributed by atoms with Crippen molar-refractivity contribution in [2.75, 3.05) is 19.0 Å². The molecule has 0 aliphatic carbocycles. The molecule has 2 atom stereocenters. The lowest BCUT2D eigenvalue weighted by atomic mass is 10.3. The SMILES string of the molecule is CNc1nc(SC2CCOC2C)cc(C(F)(F)F)n1. The largest absolute Gasteiger partial charge is 0.433 e. The summed E-state index contributed by atoms with van der Waals surface area (Å²) in [5.74, 6) is -0.0242. The third kappa shape index (κ3) is 3.50. The van der Waals surface area contributed by atoms with Gasteiger partial charge in [0.05, 0.1) is 6.10 Å².